The van der Waals surface area contributed by atoms with Gasteiger partial charge in [0.05, 0.1) is 96.8 Å². The summed E-state index contributed by atoms with van der Waals surface area (Å²) in [4.78, 5) is 98.5. The Kier molecular flexibility index (Phi) is 40.7. The van der Waals surface area contributed by atoms with Crippen LogP contribution in [0.2, 0.25) is 0 Å². The van der Waals surface area contributed by atoms with Gasteiger partial charge in [-0.1, -0.05) is 72.4 Å². The van der Waals surface area contributed by atoms with E-state index < -0.39 is 22.6 Å². The van der Waals surface area contributed by atoms with E-state index in [1.54, 1.807) is 69.5 Å². The maximum atomic E-state index is 11.6. The van der Waals surface area contributed by atoms with Crippen LogP contribution in [0.5, 0.6) is 0 Å². The summed E-state index contributed by atoms with van der Waals surface area (Å²) in [6, 6.07) is 33.7. The molecule has 0 saturated carbocycles. The van der Waals surface area contributed by atoms with Gasteiger partial charge in [0, 0.05) is 186 Å². The lowest BCUT2D eigenvalue weighted by atomic mass is 10.0. The van der Waals surface area contributed by atoms with Crippen molar-refractivity contribution in [2.75, 3.05) is 33.1 Å². The molecular weight excluding hydrogens is 1840 g/mol. The number of fused-ring (bicyclic) bond motifs is 9. The molecule has 18 aromatic rings. The summed E-state index contributed by atoms with van der Waals surface area (Å²) in [5.41, 5.74) is 27.8. The highest BCUT2D eigenvalue weighted by Crippen LogP contribution is 2.35. The molecule has 0 bridgehead atoms. The second-order valence-electron chi connectivity index (χ2n) is 36.6. The lowest BCUT2D eigenvalue weighted by molar-refractivity contribution is 0.00823. The lowest BCUT2D eigenvalue weighted by Gasteiger charge is -2.15. The SMILES string of the molecule is C.CCc1ncc(C)cn1.Cc1cc(C)cc(C#N)c1.Cc1ccc2cccnc2c1.Cc1ccc2ccnn2c1.Cc1cnc(C(C)C)nc1.Cc1cnc(N(C)C)nc1.Cc1cnc2c(C(C)C)cnn2c1.Cc1cnc2c(C)cnn2c1.Cc1cnc2c(c1)C(=O)N(C)C2C.Cc1cnc2c(c1)C(=O)N(C)C2O.Cc1cnc2c(c1)C(=O)OC2(C)C.Cc1cnc2c(c1)S(=O)C=C2.Cc1cnc2ccnn2c1. The van der Waals surface area contributed by atoms with Crippen LogP contribution in [0.3, 0.4) is 0 Å². The van der Waals surface area contributed by atoms with Crippen LogP contribution in [0.4, 0.5) is 5.95 Å². The molecule has 0 aliphatic carbocycles. The summed E-state index contributed by atoms with van der Waals surface area (Å²) in [5, 5.41) is 37.5. The first kappa shape index (κ1) is 112. The second kappa shape index (κ2) is 52.5. The van der Waals surface area contributed by atoms with E-state index in [9.17, 15) is 23.7 Å². The van der Waals surface area contributed by atoms with Gasteiger partial charge >= 0.3 is 5.97 Å². The number of carbonyl (C=O) groups is 3. The zero-order valence-electron chi connectivity index (χ0n) is 87.1. The number of hydrogen-bond acceptors (Lipinski definition) is 26. The molecule has 0 radical (unpaired) electrons. The number of amides is 2. The summed E-state index contributed by atoms with van der Waals surface area (Å²) in [5.74, 6) is 3.15. The van der Waals surface area contributed by atoms with Crippen LogP contribution in [0.25, 0.3) is 39.4 Å². The zero-order valence-corrected chi connectivity index (χ0v) is 88.0. The van der Waals surface area contributed by atoms with Crippen molar-refractivity contribution in [1.82, 2.24) is 118 Å². The van der Waals surface area contributed by atoms with Crippen molar-refractivity contribution in [2.24, 2.45) is 0 Å². The Balaban J connectivity index is 0.000000175. The number of aliphatic hydroxyl groups is 1. The number of aryl methyl sites for hydroxylation is 16. The highest BCUT2D eigenvalue weighted by Gasteiger charge is 2.39. The summed E-state index contributed by atoms with van der Waals surface area (Å²) < 4.78 is 23.6. The highest BCUT2D eigenvalue weighted by molar-refractivity contribution is 7.88. The molecular formula is C112H132N26O6S. The highest BCUT2D eigenvalue weighted by atomic mass is 32.2. The van der Waals surface area contributed by atoms with Gasteiger partial charge in [-0.2, -0.15) is 25.7 Å². The number of esters is 1. The Morgan fingerprint density at radius 1 is 0.469 bits per heavy atom. The number of nitriles is 1. The van der Waals surface area contributed by atoms with E-state index in [2.05, 4.69) is 180 Å². The monoisotopic (exact) mass is 1970 g/mol. The van der Waals surface area contributed by atoms with Crippen molar-refractivity contribution >= 4 is 74.0 Å². The van der Waals surface area contributed by atoms with Crippen LogP contribution in [0, 0.1) is 115 Å². The molecule has 2 aromatic carbocycles. The minimum Gasteiger partial charge on any atom is -0.449 e. The molecule has 752 valence electrons. The third-order valence-electron chi connectivity index (χ3n) is 22.0. The third kappa shape index (κ3) is 31.9. The molecule has 33 heteroatoms. The number of cyclic esters (lactones) is 1. The maximum absolute atomic E-state index is 11.6. The number of hydrogen-bond donors (Lipinski definition) is 1. The van der Waals surface area contributed by atoms with E-state index in [0.717, 1.165) is 157 Å². The van der Waals surface area contributed by atoms with Crippen LogP contribution >= 0.6 is 0 Å². The van der Waals surface area contributed by atoms with Gasteiger partial charge in [0.2, 0.25) is 5.95 Å². The molecule has 4 aliphatic heterocycles. The van der Waals surface area contributed by atoms with E-state index in [1.807, 2.05) is 307 Å². The second-order valence-corrected chi connectivity index (χ2v) is 37.9. The number of rotatable bonds is 4. The fraction of sp³-hybridized carbons (Fsp3) is 0.304. The van der Waals surface area contributed by atoms with Crippen LogP contribution in [0.1, 0.15) is 247 Å². The zero-order chi connectivity index (χ0) is 105. The molecule has 1 N–H and O–H groups in total. The first-order valence-electron chi connectivity index (χ1n) is 46.9. The normalized spacial score (nSPS) is 13.5. The first-order chi connectivity index (χ1) is 68.5. The van der Waals surface area contributed by atoms with Crippen molar-refractivity contribution in [1.29, 1.82) is 5.26 Å². The minimum absolute atomic E-state index is 0. The van der Waals surface area contributed by atoms with Crippen molar-refractivity contribution < 1.29 is 28.4 Å². The molecule has 3 atom stereocenters. The van der Waals surface area contributed by atoms with Crippen LogP contribution in [-0.2, 0) is 27.6 Å². The van der Waals surface area contributed by atoms with Gasteiger partial charge in [0.25, 0.3) is 11.8 Å². The Morgan fingerprint density at radius 3 is 1.58 bits per heavy atom. The summed E-state index contributed by atoms with van der Waals surface area (Å²) in [6.07, 6.45) is 42.4. The number of benzene rings is 2. The Bertz CT molecular complexity index is 7300. The number of aromatic nitrogens is 22. The summed E-state index contributed by atoms with van der Waals surface area (Å²) in [7, 11) is 6.26. The molecule has 145 heavy (non-hydrogen) atoms. The van der Waals surface area contributed by atoms with Gasteiger partial charge in [-0.3, -0.25) is 34.5 Å². The largest absolute Gasteiger partial charge is 0.449 e. The van der Waals surface area contributed by atoms with E-state index in [0.29, 0.717) is 28.7 Å². The molecule has 20 heterocycles. The first-order valence-corrected chi connectivity index (χ1v) is 48.2. The minimum atomic E-state index is -0.951. The fourth-order valence-electron chi connectivity index (χ4n) is 14.2. The standard InChI is InChI=1S/C10H13N3.C10H12N2O.C10H11NO2.C10H9N.C9H10N2O2.C9H9N.C8H9N3.C8H8N2.C8H12N2.C8H7NOS.C7H7N3.C7H11N3.C7H10N2.CH4/c1-7(2)9-5-12-13-6-8(3)4-11-10(9)13;1-6-4-8-9(11-5-6)7(2)12(3)10(8)13;1-6-4-7-8(11-5-6)10(2,3)13-9(7)12;1-8-4-5-9-3-2-6-11-10(9)7-8;1-5-3-6-7(10-4-5)9(13)11(2)8(6)12;1-7-3-8(2)5-9(4-7)6-10;1-6-3-9-8-7(2)4-10-11(8)5-6;1-7-2-3-8-4-5-9-10(8)6-7;1-6(2)8-9-4-7(3)5-10-8;1-6-4-8-7(9-5-6)2-3-11(8)10;1-6-4-8-7-2-3-9-10(7)5-6;1-6-4-8-7(9-5-6)10(2)3;1-3-7-8-4-6(2)5-9-7;/h4-7H,1-3H3;4-5,7H,1-3H3;4-5H,1-3H3;2-7H,1H3;3-4,9,13H,1-2H3;3-5H,1-2H3;3-5H,1-2H3;2-6H,1H3;4-6H,1-3H3;2-5H,1H3;2-5H,1H3;4-5H,1-3H3;4-5H,3H2,1-2H3;1H4. The molecule has 0 fully saturated rings. The number of aliphatic hydroxyl groups excluding tert-OH is 1. The predicted octanol–water partition coefficient (Wildman–Crippen LogP) is 20.9. The average Bonchev–Trinajstić information content (AvgIpc) is 1.63. The van der Waals surface area contributed by atoms with Crippen molar-refractivity contribution in [3.05, 3.63) is 384 Å². The van der Waals surface area contributed by atoms with Gasteiger partial charge in [0.15, 0.2) is 23.2 Å². The number of pyridine rings is 6. The van der Waals surface area contributed by atoms with E-state index in [1.165, 1.54) is 27.0 Å². The molecule has 2 amide bonds. The van der Waals surface area contributed by atoms with E-state index in [-0.39, 0.29) is 31.3 Å². The quantitative estimate of drug-likeness (QED) is 0.160. The molecule has 32 nitrogen and oxygen atoms in total. The van der Waals surface area contributed by atoms with Crippen LogP contribution < -0.4 is 4.90 Å². The molecule has 0 saturated heterocycles. The molecule has 3 unspecified atom stereocenters. The number of carbonyl (C=O) groups excluding carboxylic acids is 3. The Morgan fingerprint density at radius 2 is 0.972 bits per heavy atom. The summed E-state index contributed by atoms with van der Waals surface area (Å²) in [6.45, 7) is 46.0. The number of nitrogens with zero attached hydrogens (tertiary/aromatic N) is 26. The average molecular weight is 1970 g/mol. The molecule has 16 aromatic heterocycles. The van der Waals surface area contributed by atoms with Crippen molar-refractivity contribution in [2.45, 2.75) is 208 Å². The van der Waals surface area contributed by atoms with E-state index in [4.69, 9.17) is 10.00 Å². The van der Waals surface area contributed by atoms with Crippen LogP contribution in [-0.4, -0.2) is 173 Å². The van der Waals surface area contributed by atoms with E-state index >= 15 is 0 Å². The fourth-order valence-corrected chi connectivity index (χ4v) is 15.2. The van der Waals surface area contributed by atoms with Crippen molar-refractivity contribution in [3.8, 4) is 6.07 Å². The number of ether oxygens (including phenoxy) is 1. The van der Waals surface area contributed by atoms with Gasteiger partial charge in [-0.25, -0.2) is 71.9 Å². The molecule has 22 rings (SSSR count). The third-order valence-corrected chi connectivity index (χ3v) is 23.2. The molecule has 0 spiro atoms. The maximum Gasteiger partial charge on any atom is 0.341 e. The molecule has 4 aliphatic rings. The topological polar surface area (TPSA) is 381 Å². The van der Waals surface area contributed by atoms with Gasteiger partial charge < -0.3 is 24.5 Å². The Labute approximate surface area is 851 Å². The van der Waals surface area contributed by atoms with Gasteiger partial charge in [0.1, 0.15) is 22.9 Å². The Hall–Kier alpha value is -16.2. The summed E-state index contributed by atoms with van der Waals surface area (Å²) >= 11 is 0. The van der Waals surface area contributed by atoms with Gasteiger partial charge in [-0.15, -0.1) is 0 Å². The smallest absolute Gasteiger partial charge is 0.341 e. The lowest BCUT2D eigenvalue weighted by Crippen LogP contribution is -2.22. The number of anilines is 1. The predicted molar refractivity (Wildman–Crippen MR) is 571 cm³/mol. The van der Waals surface area contributed by atoms with Crippen molar-refractivity contribution in [3.63, 3.8) is 0 Å². The van der Waals surface area contributed by atoms with Crippen LogP contribution in [0.15, 0.2) is 244 Å². The van der Waals surface area contributed by atoms with Gasteiger partial charge in [-0.05, 0) is 275 Å².